The van der Waals surface area contributed by atoms with E-state index in [0.29, 0.717) is 0 Å². The van der Waals surface area contributed by atoms with Crippen molar-refractivity contribution in [3.63, 3.8) is 0 Å². The van der Waals surface area contributed by atoms with Crippen LogP contribution < -0.4 is 0 Å². The van der Waals surface area contributed by atoms with Gasteiger partial charge >= 0.3 is 0 Å². The van der Waals surface area contributed by atoms with Crippen LogP contribution in [0.25, 0.3) is 0 Å². The molecule has 0 rings (SSSR count). The minimum Gasteiger partial charge on any atom is -0.0884 e. The molecular formula is C12H22. The lowest BCUT2D eigenvalue weighted by molar-refractivity contribution is 0.652. The van der Waals surface area contributed by atoms with E-state index in [1.807, 2.05) is 0 Å². The maximum Gasteiger partial charge on any atom is -0.0139 e. The van der Waals surface area contributed by atoms with Gasteiger partial charge in [0.15, 0.2) is 0 Å². The molecule has 0 bridgehead atoms. The van der Waals surface area contributed by atoms with Gasteiger partial charge in [0.05, 0.1) is 0 Å². The van der Waals surface area contributed by atoms with Crippen LogP contribution in [0.4, 0.5) is 0 Å². The molecule has 70 valence electrons. The van der Waals surface area contributed by atoms with Gasteiger partial charge < -0.3 is 0 Å². The van der Waals surface area contributed by atoms with Crippen molar-refractivity contribution in [3.8, 4) is 0 Å². The monoisotopic (exact) mass is 166 g/mol. The van der Waals surface area contributed by atoms with Crippen LogP contribution in [0.3, 0.4) is 0 Å². The molecule has 0 N–H and O–H groups in total. The van der Waals surface area contributed by atoms with Gasteiger partial charge in [0.2, 0.25) is 0 Å². The summed E-state index contributed by atoms with van der Waals surface area (Å²) >= 11 is 0. The fourth-order valence-electron chi connectivity index (χ4n) is 0.963. The van der Waals surface area contributed by atoms with E-state index < -0.39 is 0 Å². The van der Waals surface area contributed by atoms with Crippen molar-refractivity contribution in [2.24, 2.45) is 5.92 Å². The van der Waals surface area contributed by atoms with Gasteiger partial charge in [0, 0.05) is 0 Å². The smallest absolute Gasteiger partial charge is 0.0139 e. The molecule has 0 aromatic heterocycles. The molecule has 0 spiro atoms. The highest BCUT2D eigenvalue weighted by Crippen LogP contribution is 2.15. The molecule has 1 unspecified atom stereocenters. The second-order valence-corrected chi connectivity index (χ2v) is 3.60. The molecule has 0 amide bonds. The Bertz CT molecular complexity index is 172. The zero-order valence-corrected chi connectivity index (χ0v) is 9.15. The van der Waals surface area contributed by atoms with Crippen molar-refractivity contribution in [1.29, 1.82) is 0 Å². The molecule has 0 saturated carbocycles. The predicted molar refractivity (Wildman–Crippen MR) is 57.3 cm³/mol. The summed E-state index contributed by atoms with van der Waals surface area (Å²) in [6.45, 7) is 11.0. The Balaban J connectivity index is 4.00. The first-order valence-corrected chi connectivity index (χ1v) is 4.90. The first-order valence-electron chi connectivity index (χ1n) is 4.90. The van der Waals surface area contributed by atoms with Crippen molar-refractivity contribution in [2.75, 3.05) is 0 Å². The zero-order chi connectivity index (χ0) is 9.56. The Hall–Kier alpha value is -0.520. The third-order valence-electron chi connectivity index (χ3n) is 2.63. The van der Waals surface area contributed by atoms with Crippen molar-refractivity contribution < 1.29 is 0 Å². The molecule has 0 fully saturated rings. The van der Waals surface area contributed by atoms with Crippen molar-refractivity contribution in [1.82, 2.24) is 0 Å². The highest BCUT2D eigenvalue weighted by Gasteiger charge is 1.99. The summed E-state index contributed by atoms with van der Waals surface area (Å²) in [5, 5.41) is 0. The largest absolute Gasteiger partial charge is 0.0884 e. The Morgan fingerprint density at radius 3 is 2.33 bits per heavy atom. The third kappa shape index (κ3) is 4.38. The average molecular weight is 166 g/mol. The minimum absolute atomic E-state index is 0.745. The molecule has 0 radical (unpaired) electrons. The Kier molecular flexibility index (Phi) is 5.79. The van der Waals surface area contributed by atoms with Crippen LogP contribution in [0.2, 0.25) is 0 Å². The molecule has 0 saturated heterocycles. The molecule has 0 aromatic carbocycles. The maximum atomic E-state index is 2.35. The van der Waals surface area contributed by atoms with Crippen LogP contribution in [-0.4, -0.2) is 0 Å². The summed E-state index contributed by atoms with van der Waals surface area (Å²) in [5.74, 6) is 0.745. The highest BCUT2D eigenvalue weighted by molar-refractivity contribution is 5.09. The quantitative estimate of drug-likeness (QED) is 0.545. The standard InChI is InChI=1S/C12H22/c1-6-10(3)8-9-12(5)11(4)7-2/h6,9,11H,7-8H2,1-5H3. The second-order valence-electron chi connectivity index (χ2n) is 3.60. The lowest BCUT2D eigenvalue weighted by Crippen LogP contribution is -1.93. The van der Waals surface area contributed by atoms with Crippen LogP contribution in [0.15, 0.2) is 23.3 Å². The van der Waals surface area contributed by atoms with Gasteiger partial charge in [0.1, 0.15) is 0 Å². The number of rotatable bonds is 4. The first-order chi connectivity index (χ1) is 5.61. The Morgan fingerprint density at radius 1 is 1.33 bits per heavy atom. The minimum atomic E-state index is 0.745. The fourth-order valence-corrected chi connectivity index (χ4v) is 0.963. The summed E-state index contributed by atoms with van der Waals surface area (Å²) in [6, 6.07) is 0. The highest BCUT2D eigenvalue weighted by atomic mass is 14.0. The lowest BCUT2D eigenvalue weighted by Gasteiger charge is -2.08. The molecule has 12 heavy (non-hydrogen) atoms. The molecule has 0 aliphatic rings. The second kappa shape index (κ2) is 6.05. The normalized spacial score (nSPS) is 16.4. The van der Waals surface area contributed by atoms with Crippen LogP contribution in [0.5, 0.6) is 0 Å². The van der Waals surface area contributed by atoms with Crippen LogP contribution in [-0.2, 0) is 0 Å². The molecule has 0 heterocycles. The van der Waals surface area contributed by atoms with E-state index in [-0.39, 0.29) is 0 Å². The predicted octanol–water partition coefficient (Wildman–Crippen LogP) is 4.34. The van der Waals surface area contributed by atoms with E-state index in [2.05, 4.69) is 46.8 Å². The molecule has 0 aromatic rings. The molecular weight excluding hydrogens is 144 g/mol. The van der Waals surface area contributed by atoms with Crippen molar-refractivity contribution in [2.45, 2.75) is 47.5 Å². The topological polar surface area (TPSA) is 0 Å². The van der Waals surface area contributed by atoms with Crippen LogP contribution in [0.1, 0.15) is 47.5 Å². The van der Waals surface area contributed by atoms with Gasteiger partial charge in [-0.15, -0.1) is 0 Å². The number of hydrogen-bond acceptors (Lipinski definition) is 0. The Labute approximate surface area is 77.4 Å². The summed E-state index contributed by atoms with van der Waals surface area (Å²) in [4.78, 5) is 0. The van der Waals surface area contributed by atoms with Gasteiger partial charge in [-0.1, -0.05) is 37.1 Å². The lowest BCUT2D eigenvalue weighted by atomic mass is 9.98. The summed E-state index contributed by atoms with van der Waals surface area (Å²) in [7, 11) is 0. The molecule has 0 nitrogen and oxygen atoms in total. The molecule has 1 atom stereocenters. The average Bonchev–Trinajstić information content (AvgIpc) is 2.11. The van der Waals surface area contributed by atoms with Gasteiger partial charge in [-0.25, -0.2) is 0 Å². The molecule has 0 aliphatic heterocycles. The number of hydrogen-bond donors (Lipinski definition) is 0. The maximum absolute atomic E-state index is 2.35. The SMILES string of the molecule is CC=C(C)CC=C(C)C(C)CC. The Morgan fingerprint density at radius 2 is 1.92 bits per heavy atom. The van der Waals surface area contributed by atoms with Gasteiger partial charge in [-0.3, -0.25) is 0 Å². The van der Waals surface area contributed by atoms with E-state index in [1.165, 1.54) is 17.6 Å². The van der Waals surface area contributed by atoms with Gasteiger partial charge in [0.25, 0.3) is 0 Å². The third-order valence-corrected chi connectivity index (χ3v) is 2.63. The number of allylic oxidation sites excluding steroid dienone is 4. The van der Waals surface area contributed by atoms with Crippen molar-refractivity contribution >= 4 is 0 Å². The van der Waals surface area contributed by atoms with Crippen molar-refractivity contribution in [3.05, 3.63) is 23.3 Å². The van der Waals surface area contributed by atoms with Gasteiger partial charge in [-0.2, -0.15) is 0 Å². The summed E-state index contributed by atoms with van der Waals surface area (Å²) in [6.07, 6.45) is 6.90. The van der Waals surface area contributed by atoms with E-state index in [1.54, 1.807) is 0 Å². The van der Waals surface area contributed by atoms with Crippen LogP contribution in [0, 0.1) is 5.92 Å². The van der Waals surface area contributed by atoms with Crippen LogP contribution >= 0.6 is 0 Å². The fraction of sp³-hybridized carbons (Fsp3) is 0.667. The summed E-state index contributed by atoms with van der Waals surface area (Å²) < 4.78 is 0. The van der Waals surface area contributed by atoms with E-state index in [0.717, 1.165) is 12.3 Å². The summed E-state index contributed by atoms with van der Waals surface area (Å²) in [5.41, 5.74) is 2.98. The van der Waals surface area contributed by atoms with Gasteiger partial charge in [-0.05, 0) is 39.5 Å². The van der Waals surface area contributed by atoms with E-state index in [4.69, 9.17) is 0 Å². The van der Waals surface area contributed by atoms with E-state index in [9.17, 15) is 0 Å². The molecule has 0 heteroatoms. The zero-order valence-electron chi connectivity index (χ0n) is 9.15. The first kappa shape index (κ1) is 11.5. The van der Waals surface area contributed by atoms with E-state index >= 15 is 0 Å². The molecule has 0 aliphatic carbocycles.